The van der Waals surface area contributed by atoms with Crippen molar-refractivity contribution in [2.75, 3.05) is 25.4 Å². The molecule has 0 unspecified atom stereocenters. The predicted molar refractivity (Wildman–Crippen MR) is 140 cm³/mol. The first-order valence-electron chi connectivity index (χ1n) is 12.2. The number of piperidine rings is 1. The Hall–Kier alpha value is -2.80. The van der Waals surface area contributed by atoms with Gasteiger partial charge in [-0.15, -0.1) is 10.2 Å². The van der Waals surface area contributed by atoms with Gasteiger partial charge in [-0.25, -0.2) is 17.9 Å². The van der Waals surface area contributed by atoms with E-state index in [1.165, 1.54) is 42.4 Å². The van der Waals surface area contributed by atoms with E-state index in [4.69, 9.17) is 5.14 Å². The molecule has 2 heterocycles. The molecule has 1 atom stereocenters. The van der Waals surface area contributed by atoms with E-state index in [1.807, 2.05) is 4.57 Å². The molecule has 1 amide bonds. The number of halogens is 1. The van der Waals surface area contributed by atoms with Gasteiger partial charge in [-0.1, -0.05) is 30.3 Å². The summed E-state index contributed by atoms with van der Waals surface area (Å²) in [6, 6.07) is 12.5. The molecule has 1 aliphatic heterocycles. The fourth-order valence-electron chi connectivity index (χ4n) is 4.32. The molecule has 2 aromatic carbocycles. The van der Waals surface area contributed by atoms with Gasteiger partial charge in [-0.2, -0.15) is 0 Å². The molecule has 198 valence electrons. The number of sulfonamides is 1. The number of rotatable bonds is 10. The van der Waals surface area contributed by atoms with E-state index in [0.29, 0.717) is 18.1 Å². The molecule has 1 saturated heterocycles. The van der Waals surface area contributed by atoms with Crippen LogP contribution in [0.5, 0.6) is 0 Å². The van der Waals surface area contributed by atoms with Crippen LogP contribution in [0.1, 0.15) is 43.6 Å². The van der Waals surface area contributed by atoms with Gasteiger partial charge in [-0.3, -0.25) is 14.3 Å². The third-order valence-corrected chi connectivity index (χ3v) is 8.23. The molecule has 0 radical (unpaired) electrons. The highest BCUT2D eigenvalue weighted by Gasteiger charge is 2.25. The number of nitrogens with one attached hydrogen (secondary N) is 1. The zero-order valence-electron chi connectivity index (χ0n) is 20.6. The van der Waals surface area contributed by atoms with Gasteiger partial charge in [0, 0.05) is 12.2 Å². The molecule has 1 aliphatic rings. The van der Waals surface area contributed by atoms with E-state index < -0.39 is 10.0 Å². The number of likely N-dealkylation sites (tertiary alicyclic amines) is 1. The summed E-state index contributed by atoms with van der Waals surface area (Å²) in [5, 5.41) is 17.4. The van der Waals surface area contributed by atoms with Crippen LogP contribution in [0.4, 0.5) is 4.39 Å². The number of carbonyl (C=O) groups is 1. The maximum Gasteiger partial charge on any atom is 0.238 e. The minimum absolute atomic E-state index is 0.0293. The van der Waals surface area contributed by atoms with Gasteiger partial charge >= 0.3 is 0 Å². The van der Waals surface area contributed by atoms with Crippen molar-refractivity contribution < 1.29 is 17.6 Å². The Morgan fingerprint density at radius 1 is 1.08 bits per heavy atom. The van der Waals surface area contributed by atoms with E-state index in [0.717, 1.165) is 43.0 Å². The Morgan fingerprint density at radius 3 is 2.41 bits per heavy atom. The molecule has 0 aliphatic carbocycles. The second-order valence-corrected chi connectivity index (χ2v) is 11.5. The van der Waals surface area contributed by atoms with Crippen LogP contribution >= 0.6 is 11.8 Å². The molecule has 1 aromatic heterocycles. The zero-order chi connectivity index (χ0) is 26.4. The summed E-state index contributed by atoms with van der Waals surface area (Å²) in [4.78, 5) is 15.0. The van der Waals surface area contributed by atoms with Crippen molar-refractivity contribution >= 4 is 27.7 Å². The highest BCUT2D eigenvalue weighted by molar-refractivity contribution is 7.99. The minimum atomic E-state index is -3.73. The van der Waals surface area contributed by atoms with Crippen molar-refractivity contribution in [3.8, 4) is 5.69 Å². The highest BCUT2D eigenvalue weighted by atomic mass is 32.2. The van der Waals surface area contributed by atoms with Gasteiger partial charge < -0.3 is 5.32 Å². The maximum atomic E-state index is 13.6. The Morgan fingerprint density at radius 2 is 1.76 bits per heavy atom. The van der Waals surface area contributed by atoms with Crippen LogP contribution in [0, 0.1) is 5.82 Å². The van der Waals surface area contributed by atoms with Crippen molar-refractivity contribution in [2.45, 2.75) is 48.7 Å². The van der Waals surface area contributed by atoms with Crippen LogP contribution in [0.15, 0.2) is 58.6 Å². The van der Waals surface area contributed by atoms with Crippen molar-refractivity contribution in [3.05, 3.63) is 65.7 Å². The predicted octanol–water partition coefficient (Wildman–Crippen LogP) is 3.05. The van der Waals surface area contributed by atoms with Crippen LogP contribution in [-0.4, -0.2) is 59.4 Å². The highest BCUT2D eigenvalue weighted by Crippen LogP contribution is 2.29. The first-order valence-corrected chi connectivity index (χ1v) is 14.7. The summed E-state index contributed by atoms with van der Waals surface area (Å²) in [6.07, 6.45) is 4.07. The summed E-state index contributed by atoms with van der Waals surface area (Å²) in [6.45, 7) is 4.49. The summed E-state index contributed by atoms with van der Waals surface area (Å²) in [5.41, 5.74) is 1.63. The number of nitrogens with two attached hydrogens (primary N) is 1. The van der Waals surface area contributed by atoms with Gasteiger partial charge in [-0.05, 0) is 81.2 Å². The molecular weight excluding hydrogens is 515 g/mol. The minimum Gasteiger partial charge on any atom is -0.355 e. The van der Waals surface area contributed by atoms with Crippen molar-refractivity contribution in [3.63, 3.8) is 0 Å². The van der Waals surface area contributed by atoms with Crippen LogP contribution in [0.3, 0.4) is 0 Å². The molecule has 3 N–H and O–H groups in total. The summed E-state index contributed by atoms with van der Waals surface area (Å²) < 4.78 is 38.3. The molecule has 12 heteroatoms. The number of thioether (sulfide) groups is 1. The van der Waals surface area contributed by atoms with Gasteiger partial charge in [0.1, 0.15) is 5.82 Å². The number of hydrogen-bond acceptors (Lipinski definition) is 7. The normalized spacial score (nSPS) is 15.4. The Labute approximate surface area is 220 Å². The third kappa shape index (κ3) is 7.16. The Kier molecular flexibility index (Phi) is 8.95. The monoisotopic (exact) mass is 546 g/mol. The number of carbonyl (C=O) groups excluding carboxylic acids is 1. The lowest BCUT2D eigenvalue weighted by Gasteiger charge is -2.31. The standard InChI is InChI=1S/C25H31FN6O3S2/c1-18(31-15-3-2-4-16-31)24-29-30-25(32(24)21-9-7-20(26)8-10-21)36-17-23(33)28-14-13-19-5-11-22(12-6-19)37(27,34)35/h5-12,18H,2-4,13-17H2,1H3,(H,28,33)(H2,27,34,35)/t18-/m0/s1. The zero-order valence-corrected chi connectivity index (χ0v) is 22.3. The van der Waals surface area contributed by atoms with E-state index in [2.05, 4.69) is 27.3 Å². The van der Waals surface area contributed by atoms with E-state index in [1.54, 1.807) is 24.3 Å². The molecule has 0 saturated carbocycles. The molecular formula is C25H31FN6O3S2. The summed E-state index contributed by atoms with van der Waals surface area (Å²) >= 11 is 1.27. The Bertz CT molecular complexity index is 1310. The molecule has 9 nitrogen and oxygen atoms in total. The van der Waals surface area contributed by atoms with E-state index in [-0.39, 0.29) is 28.4 Å². The first-order chi connectivity index (χ1) is 17.7. The molecule has 1 fully saturated rings. The number of aromatic nitrogens is 3. The van der Waals surface area contributed by atoms with Crippen LogP contribution < -0.4 is 10.5 Å². The molecule has 37 heavy (non-hydrogen) atoms. The Balaban J connectivity index is 1.39. The second kappa shape index (κ2) is 12.2. The average Bonchev–Trinajstić information content (AvgIpc) is 3.31. The fraction of sp³-hybridized carbons (Fsp3) is 0.400. The topological polar surface area (TPSA) is 123 Å². The van der Waals surface area contributed by atoms with Crippen LogP contribution in [0.25, 0.3) is 5.69 Å². The van der Waals surface area contributed by atoms with Gasteiger partial charge in [0.15, 0.2) is 11.0 Å². The SMILES string of the molecule is C[C@@H](c1nnc(SCC(=O)NCCc2ccc(S(N)(=O)=O)cc2)n1-c1ccc(F)cc1)N1CCCCC1. The van der Waals surface area contributed by atoms with E-state index in [9.17, 15) is 17.6 Å². The third-order valence-electron chi connectivity index (χ3n) is 6.38. The second-order valence-electron chi connectivity index (χ2n) is 9.00. The first kappa shape index (κ1) is 27.2. The maximum absolute atomic E-state index is 13.6. The quantitative estimate of drug-likeness (QED) is 0.375. The van der Waals surface area contributed by atoms with Gasteiger partial charge in [0.2, 0.25) is 15.9 Å². The number of benzene rings is 2. The summed E-state index contributed by atoms with van der Waals surface area (Å²) in [7, 11) is -3.73. The van der Waals surface area contributed by atoms with Crippen molar-refractivity contribution in [1.82, 2.24) is 25.0 Å². The van der Waals surface area contributed by atoms with Crippen molar-refractivity contribution in [1.29, 1.82) is 0 Å². The average molecular weight is 547 g/mol. The lowest BCUT2D eigenvalue weighted by molar-refractivity contribution is -0.118. The van der Waals surface area contributed by atoms with Crippen LogP contribution in [0.2, 0.25) is 0 Å². The summed E-state index contributed by atoms with van der Waals surface area (Å²) in [5.74, 6) is 0.419. The van der Waals surface area contributed by atoms with Gasteiger partial charge in [0.05, 0.1) is 16.7 Å². The molecule has 0 bridgehead atoms. The largest absolute Gasteiger partial charge is 0.355 e. The number of nitrogens with zero attached hydrogens (tertiary/aromatic N) is 4. The number of primary sulfonamides is 1. The van der Waals surface area contributed by atoms with Crippen LogP contribution in [-0.2, 0) is 21.2 Å². The molecule has 4 rings (SSSR count). The fourth-order valence-corrected chi connectivity index (χ4v) is 5.62. The molecule has 3 aromatic rings. The smallest absolute Gasteiger partial charge is 0.238 e. The number of amides is 1. The van der Waals surface area contributed by atoms with E-state index >= 15 is 0 Å². The lowest BCUT2D eigenvalue weighted by atomic mass is 10.1. The number of hydrogen-bond donors (Lipinski definition) is 2. The molecule has 0 spiro atoms. The van der Waals surface area contributed by atoms with Crippen molar-refractivity contribution in [2.24, 2.45) is 5.14 Å². The van der Waals surface area contributed by atoms with Gasteiger partial charge in [0.25, 0.3) is 0 Å². The lowest BCUT2D eigenvalue weighted by Crippen LogP contribution is -2.33.